The van der Waals surface area contributed by atoms with Crippen LogP contribution in [-0.4, -0.2) is 4.98 Å². The van der Waals surface area contributed by atoms with Crippen LogP contribution >= 0.6 is 23.4 Å². The fraction of sp³-hybridized carbons (Fsp3) is 0. The maximum Gasteiger partial charge on any atom is 0.0712 e. The zero-order valence-electron chi connectivity index (χ0n) is 7.70. The van der Waals surface area contributed by atoms with E-state index in [9.17, 15) is 0 Å². The summed E-state index contributed by atoms with van der Waals surface area (Å²) in [4.78, 5) is 6.47. The minimum atomic E-state index is 0.745. The summed E-state index contributed by atoms with van der Waals surface area (Å²) in [6.07, 6.45) is 3.63. The van der Waals surface area contributed by atoms with Crippen LogP contribution in [0.4, 0.5) is 11.4 Å². The Labute approximate surface area is 96.7 Å². The Morgan fingerprint density at radius 3 is 2.93 bits per heavy atom. The summed E-state index contributed by atoms with van der Waals surface area (Å²) in [5, 5.41) is 4.06. The molecule has 1 aliphatic rings. The molecule has 0 saturated heterocycles. The van der Waals surface area contributed by atoms with Crippen molar-refractivity contribution in [1.29, 1.82) is 0 Å². The second-order valence-corrected chi connectivity index (χ2v) is 4.76. The van der Waals surface area contributed by atoms with Gasteiger partial charge in [-0.1, -0.05) is 23.4 Å². The van der Waals surface area contributed by atoms with E-state index in [-0.39, 0.29) is 0 Å². The first kappa shape index (κ1) is 9.07. The maximum absolute atomic E-state index is 5.94. The number of benzene rings is 1. The van der Waals surface area contributed by atoms with Crippen molar-refractivity contribution in [3.63, 3.8) is 0 Å². The molecule has 1 aliphatic heterocycles. The molecule has 1 aromatic heterocycles. The number of hydrogen-bond acceptors (Lipinski definition) is 3. The minimum absolute atomic E-state index is 0.745. The highest BCUT2D eigenvalue weighted by Gasteiger charge is 2.15. The lowest BCUT2D eigenvalue weighted by atomic mass is 10.3. The molecule has 0 saturated carbocycles. The molecule has 0 unspecified atom stereocenters. The Kier molecular flexibility index (Phi) is 2.08. The van der Waals surface area contributed by atoms with Gasteiger partial charge in [0.15, 0.2) is 0 Å². The molecule has 15 heavy (non-hydrogen) atoms. The summed E-state index contributed by atoms with van der Waals surface area (Å²) in [7, 11) is 0. The first-order valence-electron chi connectivity index (χ1n) is 4.51. The molecule has 1 N–H and O–H groups in total. The standard InChI is InChI=1S/C11H7ClN2S/c12-7-1-2-10-8(5-7)14-9-6-13-4-3-11(9)15-10/h1-6,14H. The van der Waals surface area contributed by atoms with Crippen molar-refractivity contribution in [2.45, 2.75) is 9.79 Å². The van der Waals surface area contributed by atoms with E-state index >= 15 is 0 Å². The monoisotopic (exact) mass is 234 g/mol. The van der Waals surface area contributed by atoms with Gasteiger partial charge in [0.2, 0.25) is 0 Å². The highest BCUT2D eigenvalue weighted by molar-refractivity contribution is 7.99. The summed E-state index contributed by atoms with van der Waals surface area (Å²) < 4.78 is 0. The average Bonchev–Trinajstić information content (AvgIpc) is 2.26. The van der Waals surface area contributed by atoms with Crippen LogP contribution in [0.15, 0.2) is 46.5 Å². The van der Waals surface area contributed by atoms with E-state index in [4.69, 9.17) is 11.6 Å². The highest BCUT2D eigenvalue weighted by Crippen LogP contribution is 2.44. The average molecular weight is 235 g/mol. The van der Waals surface area contributed by atoms with Crippen molar-refractivity contribution in [2.24, 2.45) is 0 Å². The van der Waals surface area contributed by atoms with Gasteiger partial charge in [-0.15, -0.1) is 0 Å². The Balaban J connectivity index is 2.11. The quantitative estimate of drug-likeness (QED) is 0.638. The molecule has 0 atom stereocenters. The Hall–Kier alpha value is -1.19. The predicted molar refractivity (Wildman–Crippen MR) is 63.1 cm³/mol. The summed E-state index contributed by atoms with van der Waals surface area (Å²) in [6.45, 7) is 0. The van der Waals surface area contributed by atoms with Gasteiger partial charge in [0, 0.05) is 21.0 Å². The van der Waals surface area contributed by atoms with E-state index in [1.807, 2.05) is 30.5 Å². The number of nitrogens with zero attached hydrogens (tertiary/aromatic N) is 1. The fourth-order valence-electron chi connectivity index (χ4n) is 1.52. The first-order chi connectivity index (χ1) is 7.33. The summed E-state index contributed by atoms with van der Waals surface area (Å²) in [5.74, 6) is 0. The number of aromatic nitrogens is 1. The topological polar surface area (TPSA) is 24.9 Å². The molecule has 0 fully saturated rings. The molecule has 74 valence electrons. The van der Waals surface area contributed by atoms with Crippen LogP contribution < -0.4 is 5.32 Å². The van der Waals surface area contributed by atoms with Crippen LogP contribution in [-0.2, 0) is 0 Å². The van der Waals surface area contributed by atoms with Gasteiger partial charge in [-0.3, -0.25) is 4.98 Å². The predicted octanol–water partition coefficient (Wildman–Crippen LogP) is 3.94. The molecule has 0 aliphatic carbocycles. The summed E-state index contributed by atoms with van der Waals surface area (Å²) in [5.41, 5.74) is 2.09. The van der Waals surface area contributed by atoms with Crippen LogP contribution in [0.25, 0.3) is 0 Å². The lowest BCUT2D eigenvalue weighted by molar-refractivity contribution is 1.23. The fourth-order valence-corrected chi connectivity index (χ4v) is 2.62. The molecule has 0 bridgehead atoms. The normalized spacial score (nSPS) is 12.6. The van der Waals surface area contributed by atoms with Crippen LogP contribution in [0.2, 0.25) is 5.02 Å². The van der Waals surface area contributed by atoms with Gasteiger partial charge in [0.1, 0.15) is 0 Å². The van der Waals surface area contributed by atoms with Crippen LogP contribution in [0.5, 0.6) is 0 Å². The summed E-state index contributed by atoms with van der Waals surface area (Å²) in [6, 6.07) is 7.87. The molecule has 3 rings (SSSR count). The number of pyridine rings is 1. The number of halogens is 1. The summed E-state index contributed by atoms with van der Waals surface area (Å²) >= 11 is 7.67. The Morgan fingerprint density at radius 1 is 1.13 bits per heavy atom. The van der Waals surface area contributed by atoms with Gasteiger partial charge >= 0.3 is 0 Å². The van der Waals surface area contributed by atoms with E-state index in [0.29, 0.717) is 0 Å². The Bertz CT molecular complexity index is 528. The molecular weight excluding hydrogens is 228 g/mol. The third-order valence-corrected chi connectivity index (χ3v) is 3.60. The molecule has 0 radical (unpaired) electrons. The van der Waals surface area contributed by atoms with Crippen LogP contribution in [0.3, 0.4) is 0 Å². The lowest BCUT2D eigenvalue weighted by Crippen LogP contribution is -1.99. The van der Waals surface area contributed by atoms with E-state index in [1.54, 1.807) is 18.0 Å². The molecule has 0 amide bonds. The lowest BCUT2D eigenvalue weighted by Gasteiger charge is -2.19. The second-order valence-electron chi connectivity index (χ2n) is 3.24. The van der Waals surface area contributed by atoms with Gasteiger partial charge in [0.05, 0.1) is 17.6 Å². The van der Waals surface area contributed by atoms with Crippen molar-refractivity contribution in [2.75, 3.05) is 5.32 Å². The van der Waals surface area contributed by atoms with Crippen molar-refractivity contribution in [3.8, 4) is 0 Å². The number of nitrogens with one attached hydrogen (secondary N) is 1. The molecular formula is C11H7ClN2S. The zero-order chi connectivity index (χ0) is 10.3. The number of hydrogen-bond donors (Lipinski definition) is 1. The van der Waals surface area contributed by atoms with Gasteiger partial charge in [-0.25, -0.2) is 0 Å². The SMILES string of the molecule is Clc1ccc2c(c1)Nc1cnccc1S2. The first-order valence-corrected chi connectivity index (χ1v) is 5.71. The second kappa shape index (κ2) is 3.43. The van der Waals surface area contributed by atoms with E-state index in [0.717, 1.165) is 16.4 Å². The number of rotatable bonds is 0. The largest absolute Gasteiger partial charge is 0.352 e. The molecule has 1 aromatic carbocycles. The van der Waals surface area contributed by atoms with Crippen LogP contribution in [0.1, 0.15) is 0 Å². The molecule has 2 nitrogen and oxygen atoms in total. The van der Waals surface area contributed by atoms with E-state index in [2.05, 4.69) is 10.3 Å². The van der Waals surface area contributed by atoms with Crippen molar-refractivity contribution in [1.82, 2.24) is 4.98 Å². The van der Waals surface area contributed by atoms with Crippen molar-refractivity contribution >= 4 is 34.7 Å². The number of fused-ring (bicyclic) bond motifs is 2. The third-order valence-electron chi connectivity index (χ3n) is 2.21. The van der Waals surface area contributed by atoms with Gasteiger partial charge in [0.25, 0.3) is 0 Å². The smallest absolute Gasteiger partial charge is 0.0712 e. The van der Waals surface area contributed by atoms with Crippen molar-refractivity contribution < 1.29 is 0 Å². The Morgan fingerprint density at radius 2 is 2.00 bits per heavy atom. The van der Waals surface area contributed by atoms with E-state index < -0.39 is 0 Å². The van der Waals surface area contributed by atoms with Gasteiger partial charge in [-0.05, 0) is 24.3 Å². The van der Waals surface area contributed by atoms with E-state index in [1.165, 1.54) is 9.79 Å². The number of anilines is 2. The molecule has 2 aromatic rings. The van der Waals surface area contributed by atoms with Crippen molar-refractivity contribution in [3.05, 3.63) is 41.7 Å². The molecule has 0 spiro atoms. The highest BCUT2D eigenvalue weighted by atomic mass is 35.5. The molecule has 2 heterocycles. The minimum Gasteiger partial charge on any atom is -0.352 e. The third kappa shape index (κ3) is 1.58. The zero-order valence-corrected chi connectivity index (χ0v) is 9.27. The van der Waals surface area contributed by atoms with Crippen LogP contribution in [0, 0.1) is 0 Å². The molecule has 4 heteroatoms. The van der Waals surface area contributed by atoms with Gasteiger partial charge in [-0.2, -0.15) is 0 Å². The van der Waals surface area contributed by atoms with Gasteiger partial charge < -0.3 is 5.32 Å². The maximum atomic E-state index is 5.94.